The van der Waals surface area contributed by atoms with Crippen molar-refractivity contribution >= 4 is 44.6 Å². The highest BCUT2D eigenvalue weighted by atomic mass is 28.4. The molecule has 200 valence electrons. The number of aliphatic hydroxyl groups is 1. The second kappa shape index (κ2) is 9.86. The third-order valence-electron chi connectivity index (χ3n) is 6.56. The predicted molar refractivity (Wildman–Crippen MR) is 148 cm³/mol. The minimum Gasteiger partial charge on any atom is -0.414 e. The molecule has 2 aromatic heterocycles. The lowest BCUT2D eigenvalue weighted by molar-refractivity contribution is -0.0510. The Balaban J connectivity index is 2.12. The van der Waals surface area contributed by atoms with Gasteiger partial charge in [0.1, 0.15) is 29.3 Å². The molecule has 1 aliphatic heterocycles. The molecule has 1 aliphatic rings. The fraction of sp³-hybridized carbons (Fsp3) is 0.792. The molecule has 12 heteroatoms. The second-order valence-electron chi connectivity index (χ2n) is 13.3. The number of ether oxygens (including phenoxy) is 1. The molecule has 3 rings (SSSR count). The van der Waals surface area contributed by atoms with E-state index < -0.39 is 32.0 Å². The van der Waals surface area contributed by atoms with Crippen molar-refractivity contribution in [2.75, 3.05) is 12.3 Å². The molecule has 0 saturated carbocycles. The minimum absolute atomic E-state index is 0.0223. The highest BCUT2D eigenvalue weighted by Gasteiger charge is 2.60. The van der Waals surface area contributed by atoms with Crippen LogP contribution in [-0.2, 0) is 13.6 Å². The summed E-state index contributed by atoms with van der Waals surface area (Å²) in [4.78, 5) is 13.0. The first kappa shape index (κ1) is 29.4. The molecule has 9 nitrogen and oxygen atoms in total. The van der Waals surface area contributed by atoms with Crippen molar-refractivity contribution in [3.63, 3.8) is 0 Å². The van der Waals surface area contributed by atoms with Gasteiger partial charge in [0.25, 0.3) is 0 Å². The molecule has 0 amide bonds. The minimum atomic E-state index is -2.32. The lowest BCUT2D eigenvalue weighted by Gasteiger charge is -2.44. The molecule has 36 heavy (non-hydrogen) atoms. The number of nitrogens with two attached hydrogens (primary N) is 1. The maximum absolute atomic E-state index is 12.5. The highest BCUT2D eigenvalue weighted by Crippen LogP contribution is 2.48. The summed E-state index contributed by atoms with van der Waals surface area (Å²) in [5, 5.41) is 11.1. The molecule has 2 aromatic rings. The number of fused-ring (bicyclic) bond motifs is 1. The van der Waals surface area contributed by atoms with Gasteiger partial charge < -0.3 is 24.4 Å². The van der Waals surface area contributed by atoms with Crippen LogP contribution >= 0.6 is 0 Å². The lowest BCUT2D eigenvalue weighted by atomic mass is 10.1. The molecule has 3 heterocycles. The van der Waals surface area contributed by atoms with E-state index in [-0.39, 0.29) is 41.0 Å². The number of hydrogen-bond donors (Lipinski definition) is 2. The van der Waals surface area contributed by atoms with Gasteiger partial charge in [0, 0.05) is 0 Å². The molecule has 1 saturated heterocycles. The monoisotopic (exact) mass is 549 g/mol. The Morgan fingerprint density at radius 3 is 2.28 bits per heavy atom. The number of anilines is 1. The Morgan fingerprint density at radius 1 is 1.08 bits per heavy atom. The molecule has 3 N–H and O–H groups in total. The van der Waals surface area contributed by atoms with Crippen molar-refractivity contribution in [1.29, 1.82) is 0 Å². The molecule has 0 spiro atoms. The normalized spacial score (nSPS) is 26.2. The van der Waals surface area contributed by atoms with E-state index in [0.29, 0.717) is 17.0 Å². The van der Waals surface area contributed by atoms with Gasteiger partial charge in [-0.1, -0.05) is 62.3 Å². The molecular formula is C24H43N5O4Si3. The summed E-state index contributed by atoms with van der Waals surface area (Å²) >= 11 is 0. The van der Waals surface area contributed by atoms with E-state index in [1.54, 1.807) is 6.33 Å². The second-order valence-corrected chi connectivity index (χ2v) is 22.6. The number of hydrogen-bond acceptors (Lipinski definition) is 8. The SMILES string of the molecule is CC(C)(C)[Si]OC[C@H]1O[C@@H](n2cnc3c(N)ncnc32)[C@H](O[Si](C)(C)C(C)(C)C)[C@@]1(O)[Si]C(C)(C)C. The van der Waals surface area contributed by atoms with E-state index in [4.69, 9.17) is 19.3 Å². The van der Waals surface area contributed by atoms with Crippen molar-refractivity contribution < 1.29 is 18.7 Å². The summed E-state index contributed by atoms with van der Waals surface area (Å²) in [5.41, 5.74) is 7.13. The summed E-state index contributed by atoms with van der Waals surface area (Å²) in [7, 11) is -1.90. The summed E-state index contributed by atoms with van der Waals surface area (Å²) in [6.45, 7) is 24.1. The van der Waals surface area contributed by atoms with E-state index in [9.17, 15) is 5.11 Å². The van der Waals surface area contributed by atoms with Gasteiger partial charge >= 0.3 is 0 Å². The summed E-state index contributed by atoms with van der Waals surface area (Å²) in [6, 6.07) is 0. The van der Waals surface area contributed by atoms with Gasteiger partial charge in [-0.15, -0.1) is 0 Å². The summed E-state index contributed by atoms with van der Waals surface area (Å²) < 4.78 is 21.6. The van der Waals surface area contributed by atoms with Gasteiger partial charge in [0.05, 0.1) is 22.5 Å². The van der Waals surface area contributed by atoms with Crippen LogP contribution in [-0.4, -0.2) is 76.3 Å². The van der Waals surface area contributed by atoms with Crippen LogP contribution in [0.3, 0.4) is 0 Å². The predicted octanol–water partition coefficient (Wildman–Crippen LogP) is 4.16. The van der Waals surface area contributed by atoms with E-state index in [1.807, 2.05) is 4.57 Å². The average molecular weight is 550 g/mol. The van der Waals surface area contributed by atoms with Crippen LogP contribution in [0, 0.1) is 0 Å². The van der Waals surface area contributed by atoms with Gasteiger partial charge in [-0.25, -0.2) is 15.0 Å². The topological polar surface area (TPSA) is 118 Å². The Kier molecular flexibility index (Phi) is 8.05. The fourth-order valence-corrected chi connectivity index (χ4v) is 7.83. The zero-order valence-electron chi connectivity index (χ0n) is 23.6. The number of aromatic nitrogens is 4. The van der Waals surface area contributed by atoms with Gasteiger partial charge in [-0.2, -0.15) is 0 Å². The van der Waals surface area contributed by atoms with Gasteiger partial charge in [0.2, 0.25) is 9.76 Å². The third-order valence-corrected chi connectivity index (χ3v) is 13.7. The summed E-state index contributed by atoms with van der Waals surface area (Å²) in [5.74, 6) is 0.303. The molecular weight excluding hydrogens is 507 g/mol. The van der Waals surface area contributed by atoms with Crippen LogP contribution in [0.5, 0.6) is 0 Å². The van der Waals surface area contributed by atoms with Crippen molar-refractivity contribution in [3.8, 4) is 0 Å². The first-order valence-corrected chi connectivity index (χ1v) is 17.2. The molecule has 1 fully saturated rings. The Bertz CT molecular complexity index is 1060. The van der Waals surface area contributed by atoms with Crippen LogP contribution in [0.4, 0.5) is 5.82 Å². The molecule has 4 radical (unpaired) electrons. The quantitative estimate of drug-likeness (QED) is 0.494. The number of rotatable bonds is 7. The molecule has 0 aromatic carbocycles. The van der Waals surface area contributed by atoms with Crippen molar-refractivity contribution in [2.24, 2.45) is 0 Å². The molecule has 0 unspecified atom stereocenters. The Hall–Kier alpha value is -1.16. The van der Waals surface area contributed by atoms with E-state index in [1.165, 1.54) is 6.33 Å². The maximum Gasteiger partial charge on any atom is 0.235 e. The highest BCUT2D eigenvalue weighted by molar-refractivity contribution is 6.74. The average Bonchev–Trinajstić information content (AvgIpc) is 3.20. The van der Waals surface area contributed by atoms with Crippen LogP contribution in [0.15, 0.2) is 12.7 Å². The Labute approximate surface area is 221 Å². The van der Waals surface area contributed by atoms with E-state index >= 15 is 0 Å². The zero-order chi connectivity index (χ0) is 27.3. The number of nitrogen functional groups attached to an aromatic ring is 1. The van der Waals surface area contributed by atoms with Crippen molar-refractivity contribution in [1.82, 2.24) is 19.5 Å². The van der Waals surface area contributed by atoms with E-state index in [0.717, 1.165) is 0 Å². The van der Waals surface area contributed by atoms with Crippen LogP contribution < -0.4 is 5.73 Å². The summed E-state index contributed by atoms with van der Waals surface area (Å²) in [6.07, 6.45) is 1.20. The standard InChI is InChI=1S/C24H43N5O4Si3/c1-21(2,3)34-24(30)15(12-31-35-22(4,5)6)32-20(17(24)33-36(10,11)23(7,8)9)29-14-28-16-18(25)26-13-27-19(16)29/h13-15,17,20,30H,12H2,1-11H3,(H2,25,26,27)/t15-,17+,20-,24+/m1/s1. The van der Waals surface area contributed by atoms with Gasteiger partial charge in [-0.3, -0.25) is 4.57 Å². The molecule has 0 bridgehead atoms. The zero-order valence-corrected chi connectivity index (χ0v) is 26.6. The lowest BCUT2D eigenvalue weighted by Crippen LogP contribution is -2.60. The molecule has 4 atom stereocenters. The third kappa shape index (κ3) is 6.28. The number of imidazole rings is 1. The van der Waals surface area contributed by atoms with Gasteiger partial charge in [-0.05, 0) is 28.2 Å². The smallest absolute Gasteiger partial charge is 0.235 e. The van der Waals surface area contributed by atoms with Crippen molar-refractivity contribution in [2.45, 2.75) is 114 Å². The van der Waals surface area contributed by atoms with Gasteiger partial charge in [0.15, 0.2) is 26.0 Å². The van der Waals surface area contributed by atoms with Crippen LogP contribution in [0.1, 0.15) is 68.5 Å². The van der Waals surface area contributed by atoms with E-state index in [2.05, 4.69) is 90.4 Å². The van der Waals surface area contributed by atoms with Crippen LogP contribution in [0.2, 0.25) is 28.2 Å². The first-order chi connectivity index (χ1) is 16.3. The van der Waals surface area contributed by atoms with Crippen molar-refractivity contribution in [3.05, 3.63) is 12.7 Å². The first-order valence-electron chi connectivity index (χ1n) is 12.4. The van der Waals surface area contributed by atoms with Crippen LogP contribution in [0.25, 0.3) is 11.2 Å². The Morgan fingerprint density at radius 2 is 1.72 bits per heavy atom. The maximum atomic E-state index is 12.5. The molecule has 0 aliphatic carbocycles. The fourth-order valence-electron chi connectivity index (χ4n) is 3.91. The number of nitrogens with zero attached hydrogens (tertiary/aromatic N) is 4. The largest absolute Gasteiger partial charge is 0.414 e.